The van der Waals surface area contributed by atoms with Gasteiger partial charge in [0.15, 0.2) is 0 Å². The molecule has 0 spiro atoms. The van der Waals surface area contributed by atoms with E-state index < -0.39 is 5.54 Å². The lowest BCUT2D eigenvalue weighted by Crippen LogP contribution is -2.23. The summed E-state index contributed by atoms with van der Waals surface area (Å²) < 4.78 is 2.68. The summed E-state index contributed by atoms with van der Waals surface area (Å²) in [7, 11) is 0. The molecule has 3 aromatic heterocycles. The molecule has 1 N–H and O–H groups in total. The number of hydrogen-bond donors (Lipinski definition) is 1. The number of nitrogens with zero attached hydrogens (tertiary/aromatic N) is 3. The van der Waals surface area contributed by atoms with Crippen molar-refractivity contribution in [2.24, 2.45) is 5.41 Å². The molecule has 4 heteroatoms. The van der Waals surface area contributed by atoms with Gasteiger partial charge in [-0.25, -0.2) is 9.97 Å². The smallest absolute Gasteiger partial charge is 0.0774 e. The lowest BCUT2D eigenvalue weighted by atomic mass is 9.74. The first-order valence-corrected chi connectivity index (χ1v) is 22.9. The standard InChI is InChI=1S/C60H62N4/c1-57(2,3)42-37-47-49(39-27-19-14-20-28-39)45-34-33-43(61-45)48(38-25-17-13-18-26-38)44-35-36-46(62-44)50(40-29-21-15-22-30-40)55-52(58(4,5)6)53(59(7,8)9)56(64(55)60(10,11)12)51(54(42)63-47)41-31-23-16-24-32-41/h13-37,61H,1-12H3. The summed E-state index contributed by atoms with van der Waals surface area (Å²) in [5.74, 6) is 0. The van der Waals surface area contributed by atoms with Crippen molar-refractivity contribution in [3.63, 3.8) is 0 Å². The summed E-state index contributed by atoms with van der Waals surface area (Å²) in [6.07, 6.45) is 6.84. The van der Waals surface area contributed by atoms with Crippen molar-refractivity contribution >= 4 is 45.9 Å². The van der Waals surface area contributed by atoms with Gasteiger partial charge in [-0.05, 0) is 106 Å². The first-order valence-electron chi connectivity index (χ1n) is 22.9. The topological polar surface area (TPSA) is 46.5 Å². The van der Waals surface area contributed by atoms with E-state index in [2.05, 4.69) is 244 Å². The van der Waals surface area contributed by atoms with Gasteiger partial charge in [0.25, 0.3) is 0 Å². The molecule has 0 radical (unpaired) electrons. The number of nitrogens with one attached hydrogen (secondary N) is 1. The van der Waals surface area contributed by atoms with Gasteiger partial charge in [-0.1, -0.05) is 184 Å². The van der Waals surface area contributed by atoms with Crippen molar-refractivity contribution < 1.29 is 0 Å². The van der Waals surface area contributed by atoms with Gasteiger partial charge in [0.2, 0.25) is 0 Å². The van der Waals surface area contributed by atoms with E-state index in [9.17, 15) is 0 Å². The number of H-pyrrole nitrogens is 1. The van der Waals surface area contributed by atoms with Gasteiger partial charge >= 0.3 is 0 Å². The number of aromatic amines is 1. The number of rotatable bonds is 4. The third kappa shape index (κ3) is 7.57. The molecule has 0 atom stereocenters. The minimum atomic E-state index is -0.395. The van der Waals surface area contributed by atoms with Crippen LogP contribution >= 0.6 is 0 Å². The van der Waals surface area contributed by atoms with E-state index in [1.54, 1.807) is 0 Å². The molecule has 0 saturated heterocycles. The lowest BCUT2D eigenvalue weighted by molar-refractivity contribution is 0.421. The zero-order valence-corrected chi connectivity index (χ0v) is 39.8. The molecule has 8 bridgehead atoms. The van der Waals surface area contributed by atoms with Crippen LogP contribution in [0.3, 0.4) is 0 Å². The van der Waals surface area contributed by atoms with E-state index >= 15 is 0 Å². The van der Waals surface area contributed by atoms with Crippen LogP contribution in [0.5, 0.6) is 0 Å². The van der Waals surface area contributed by atoms with E-state index in [-0.39, 0.29) is 16.2 Å². The Balaban J connectivity index is 1.72. The first-order chi connectivity index (χ1) is 30.3. The largest absolute Gasteiger partial charge is 0.354 e. The average molecular weight is 839 g/mol. The molecule has 0 unspecified atom stereocenters. The fourth-order valence-electron chi connectivity index (χ4n) is 9.91. The van der Waals surface area contributed by atoms with E-state index in [4.69, 9.17) is 9.97 Å². The zero-order chi connectivity index (χ0) is 45.3. The molecule has 7 aromatic rings. The van der Waals surface area contributed by atoms with Crippen molar-refractivity contribution in [3.8, 4) is 44.5 Å². The third-order valence-electron chi connectivity index (χ3n) is 12.5. The maximum atomic E-state index is 5.96. The highest BCUT2D eigenvalue weighted by Crippen LogP contribution is 2.52. The Morgan fingerprint density at radius 2 is 0.766 bits per heavy atom. The Morgan fingerprint density at radius 1 is 0.391 bits per heavy atom. The van der Waals surface area contributed by atoms with Crippen LogP contribution in [-0.2, 0) is 16.4 Å². The SMILES string of the molecule is CC(C)(C)C1=Cc2nc1c(-c1ccccc1)c1c(C(C)(C)C)c(C(C)(C)C)c(c(-c3ccccc3)c3nc(c(-c4ccccc4)c4ccc([nH]4)c2-c2ccccc2)C=C3)n1C(C)(C)C. The number of allylic oxidation sites excluding steroid dienone is 1. The summed E-state index contributed by atoms with van der Waals surface area (Å²) in [4.78, 5) is 15.6. The summed E-state index contributed by atoms with van der Waals surface area (Å²) in [5.41, 5.74) is 19.7. The highest BCUT2D eigenvalue weighted by molar-refractivity contribution is 6.05. The molecule has 64 heavy (non-hydrogen) atoms. The Morgan fingerprint density at radius 3 is 1.17 bits per heavy atom. The Bertz CT molecular complexity index is 3130. The highest BCUT2D eigenvalue weighted by Gasteiger charge is 2.39. The second-order valence-corrected chi connectivity index (χ2v) is 21.6. The monoisotopic (exact) mass is 838 g/mol. The minimum absolute atomic E-state index is 0.256. The van der Waals surface area contributed by atoms with Crippen LogP contribution in [0.4, 0.5) is 0 Å². The average Bonchev–Trinajstić information content (AvgIpc) is 4.06. The molecule has 2 aliphatic rings. The normalized spacial score (nSPS) is 13.3. The van der Waals surface area contributed by atoms with E-state index in [0.29, 0.717) is 0 Å². The van der Waals surface area contributed by atoms with Crippen molar-refractivity contribution in [2.75, 3.05) is 0 Å². The van der Waals surface area contributed by atoms with Gasteiger partial charge in [-0.15, -0.1) is 0 Å². The maximum Gasteiger partial charge on any atom is 0.0774 e. The van der Waals surface area contributed by atoms with Crippen LogP contribution < -0.4 is 0 Å². The fraction of sp³-hybridized carbons (Fsp3) is 0.267. The van der Waals surface area contributed by atoms with Gasteiger partial charge < -0.3 is 9.55 Å². The summed E-state index contributed by atoms with van der Waals surface area (Å²) in [6, 6.07) is 47.9. The Hall–Kier alpha value is -6.52. The molecule has 9 rings (SSSR count). The number of hydrogen-bond acceptors (Lipinski definition) is 2. The molecule has 0 amide bonds. The van der Waals surface area contributed by atoms with Crippen LogP contribution in [0.2, 0.25) is 0 Å². The Labute approximate surface area is 380 Å². The van der Waals surface area contributed by atoms with Crippen molar-refractivity contribution in [1.29, 1.82) is 0 Å². The lowest BCUT2D eigenvalue weighted by Gasteiger charge is -2.29. The molecule has 4 aromatic carbocycles. The van der Waals surface area contributed by atoms with Crippen LogP contribution in [-0.4, -0.2) is 19.5 Å². The quantitative estimate of drug-likeness (QED) is 0.192. The van der Waals surface area contributed by atoms with Gasteiger partial charge in [0, 0.05) is 38.8 Å². The predicted molar refractivity (Wildman–Crippen MR) is 275 cm³/mol. The van der Waals surface area contributed by atoms with Gasteiger partial charge in [-0.3, -0.25) is 0 Å². The molecule has 0 saturated carbocycles. The van der Waals surface area contributed by atoms with Crippen molar-refractivity contribution in [1.82, 2.24) is 19.5 Å². The summed E-state index contributed by atoms with van der Waals surface area (Å²) in [6.45, 7) is 28.4. The van der Waals surface area contributed by atoms with E-state index in [1.807, 2.05) is 0 Å². The van der Waals surface area contributed by atoms with Crippen LogP contribution in [0.25, 0.3) is 90.4 Å². The van der Waals surface area contributed by atoms with Gasteiger partial charge in [-0.2, -0.15) is 0 Å². The molecule has 5 heterocycles. The van der Waals surface area contributed by atoms with Gasteiger partial charge in [0.1, 0.15) is 0 Å². The third-order valence-corrected chi connectivity index (χ3v) is 12.5. The summed E-state index contributed by atoms with van der Waals surface area (Å²) >= 11 is 0. The van der Waals surface area contributed by atoms with Crippen LogP contribution in [0, 0.1) is 5.41 Å². The molecule has 322 valence electrons. The number of benzene rings is 4. The maximum absolute atomic E-state index is 5.96. The highest BCUT2D eigenvalue weighted by atomic mass is 15.1. The fourth-order valence-corrected chi connectivity index (χ4v) is 9.91. The molecule has 4 nitrogen and oxygen atoms in total. The molecule has 0 aliphatic carbocycles. The predicted octanol–water partition coefficient (Wildman–Crippen LogP) is 16.6. The van der Waals surface area contributed by atoms with Gasteiger partial charge in [0.05, 0.1) is 33.8 Å². The number of aromatic nitrogens is 4. The van der Waals surface area contributed by atoms with Crippen LogP contribution in [0.1, 0.15) is 117 Å². The number of fused-ring (bicyclic) bond motifs is 8. The summed E-state index contributed by atoms with van der Waals surface area (Å²) in [5, 5.41) is 0. The molecular weight excluding hydrogens is 777 g/mol. The zero-order valence-electron chi connectivity index (χ0n) is 39.8. The molecule has 2 aliphatic heterocycles. The molecular formula is C60H62N4. The van der Waals surface area contributed by atoms with E-state index in [0.717, 1.165) is 78.3 Å². The minimum Gasteiger partial charge on any atom is -0.354 e. The van der Waals surface area contributed by atoms with Crippen LogP contribution in [0.15, 0.2) is 133 Å². The van der Waals surface area contributed by atoms with Crippen molar-refractivity contribution in [2.45, 2.75) is 99.5 Å². The second kappa shape index (κ2) is 15.6. The van der Waals surface area contributed by atoms with Crippen molar-refractivity contribution in [3.05, 3.63) is 167 Å². The van der Waals surface area contributed by atoms with E-state index in [1.165, 1.54) is 27.7 Å². The Kier molecular flexibility index (Phi) is 10.4. The second-order valence-electron chi connectivity index (χ2n) is 21.6. The first kappa shape index (κ1) is 42.8. The molecule has 0 fully saturated rings.